The summed E-state index contributed by atoms with van der Waals surface area (Å²) < 4.78 is 5.65. The van der Waals surface area contributed by atoms with Gasteiger partial charge in [-0.15, -0.1) is 5.48 Å². The fourth-order valence-corrected chi connectivity index (χ4v) is 2.04. The number of hydroxylamine groups is 1. The number of hydrogen-bond acceptors (Lipinski definition) is 5. The maximum absolute atomic E-state index is 11.9. The third-order valence-electron chi connectivity index (χ3n) is 3.25. The Morgan fingerprint density at radius 3 is 2.52 bits per heavy atom. The van der Waals surface area contributed by atoms with Gasteiger partial charge in [0.1, 0.15) is 17.9 Å². The molecule has 0 atom stereocenters. The van der Waals surface area contributed by atoms with Crippen LogP contribution in [0.25, 0.3) is 0 Å². The van der Waals surface area contributed by atoms with Crippen molar-refractivity contribution in [2.24, 2.45) is 0 Å². The molecular formula is C17H25NO5. The SMILES string of the molecule is CCCCCCCCOc1ccccc1C(=O)ONCC(=O)O. The molecule has 0 radical (unpaired) electrons. The first-order valence-electron chi connectivity index (χ1n) is 8.02. The molecule has 0 amide bonds. The standard InChI is InChI=1S/C17H25NO5/c1-2-3-4-5-6-9-12-22-15-11-8-7-10-14(15)17(21)23-18-13-16(19)20/h7-8,10-11,18H,2-6,9,12-13H2,1H3,(H,19,20). The molecule has 0 spiro atoms. The number of unbranched alkanes of at least 4 members (excludes halogenated alkanes) is 5. The number of aliphatic carboxylic acids is 1. The summed E-state index contributed by atoms with van der Waals surface area (Å²) in [7, 11) is 0. The third kappa shape index (κ3) is 8.21. The summed E-state index contributed by atoms with van der Waals surface area (Å²) in [6, 6.07) is 6.76. The van der Waals surface area contributed by atoms with Crippen molar-refractivity contribution in [3.05, 3.63) is 29.8 Å². The van der Waals surface area contributed by atoms with Crippen molar-refractivity contribution in [3.63, 3.8) is 0 Å². The van der Waals surface area contributed by atoms with Crippen molar-refractivity contribution < 1.29 is 24.3 Å². The van der Waals surface area contributed by atoms with Gasteiger partial charge in [-0.1, -0.05) is 51.2 Å². The highest BCUT2D eigenvalue weighted by atomic mass is 16.7. The second-order valence-corrected chi connectivity index (χ2v) is 5.22. The van der Waals surface area contributed by atoms with Crippen LogP contribution in [0, 0.1) is 0 Å². The Balaban J connectivity index is 2.38. The Hall–Kier alpha value is -2.08. The molecule has 6 nitrogen and oxygen atoms in total. The number of para-hydroxylation sites is 1. The Morgan fingerprint density at radius 1 is 1.09 bits per heavy atom. The molecule has 0 fully saturated rings. The molecule has 0 saturated heterocycles. The molecule has 0 aliphatic rings. The van der Waals surface area contributed by atoms with Crippen LogP contribution in [0.15, 0.2) is 24.3 Å². The monoisotopic (exact) mass is 323 g/mol. The largest absolute Gasteiger partial charge is 0.493 e. The zero-order valence-corrected chi connectivity index (χ0v) is 13.5. The maximum atomic E-state index is 11.9. The lowest BCUT2D eigenvalue weighted by Gasteiger charge is -2.11. The lowest BCUT2D eigenvalue weighted by molar-refractivity contribution is -0.137. The van der Waals surface area contributed by atoms with Gasteiger partial charge in [-0.25, -0.2) is 4.79 Å². The van der Waals surface area contributed by atoms with Gasteiger partial charge in [0.15, 0.2) is 0 Å². The number of ether oxygens (including phenoxy) is 1. The number of carboxylic acid groups (broad SMARTS) is 1. The first kappa shape index (κ1) is 19.0. The van der Waals surface area contributed by atoms with E-state index in [9.17, 15) is 9.59 Å². The fraction of sp³-hybridized carbons (Fsp3) is 0.529. The number of carboxylic acids is 1. The van der Waals surface area contributed by atoms with E-state index in [1.807, 2.05) is 0 Å². The molecule has 1 aromatic carbocycles. The smallest absolute Gasteiger partial charge is 0.360 e. The molecule has 0 bridgehead atoms. The van der Waals surface area contributed by atoms with Crippen LogP contribution < -0.4 is 10.2 Å². The van der Waals surface area contributed by atoms with Crippen molar-refractivity contribution in [3.8, 4) is 5.75 Å². The summed E-state index contributed by atoms with van der Waals surface area (Å²) in [5, 5.41) is 8.49. The molecule has 6 heteroatoms. The second kappa shape index (κ2) is 11.5. The Morgan fingerprint density at radius 2 is 1.78 bits per heavy atom. The van der Waals surface area contributed by atoms with E-state index < -0.39 is 18.5 Å². The van der Waals surface area contributed by atoms with Crippen molar-refractivity contribution >= 4 is 11.9 Å². The maximum Gasteiger partial charge on any atom is 0.360 e. The quantitative estimate of drug-likeness (QED) is 0.454. The van der Waals surface area contributed by atoms with E-state index in [-0.39, 0.29) is 5.56 Å². The van der Waals surface area contributed by atoms with E-state index in [4.69, 9.17) is 14.7 Å². The van der Waals surface area contributed by atoms with Crippen LogP contribution in [0.5, 0.6) is 5.75 Å². The van der Waals surface area contributed by atoms with Gasteiger partial charge in [0, 0.05) is 0 Å². The van der Waals surface area contributed by atoms with Crippen LogP contribution in [-0.2, 0) is 9.63 Å². The summed E-state index contributed by atoms with van der Waals surface area (Å²) in [6.45, 7) is 2.27. The number of carbonyl (C=O) groups is 2. The molecule has 0 heterocycles. The minimum atomic E-state index is -1.11. The third-order valence-corrected chi connectivity index (χ3v) is 3.25. The molecule has 0 aliphatic carbocycles. The van der Waals surface area contributed by atoms with Gasteiger partial charge in [0.25, 0.3) is 0 Å². The van der Waals surface area contributed by atoms with Gasteiger partial charge in [0.2, 0.25) is 0 Å². The molecule has 2 N–H and O–H groups in total. The van der Waals surface area contributed by atoms with Crippen LogP contribution in [0.2, 0.25) is 0 Å². The lowest BCUT2D eigenvalue weighted by Crippen LogP contribution is -2.26. The molecule has 0 unspecified atom stereocenters. The Kier molecular flexibility index (Phi) is 9.47. The summed E-state index contributed by atoms with van der Waals surface area (Å²) in [5.74, 6) is -1.32. The number of nitrogens with one attached hydrogen (secondary N) is 1. The van der Waals surface area contributed by atoms with E-state index in [0.29, 0.717) is 12.4 Å². The van der Waals surface area contributed by atoms with Crippen LogP contribution in [0.3, 0.4) is 0 Å². The highest BCUT2D eigenvalue weighted by Crippen LogP contribution is 2.19. The predicted octanol–water partition coefficient (Wildman–Crippen LogP) is 3.17. The zero-order valence-electron chi connectivity index (χ0n) is 13.5. The van der Waals surface area contributed by atoms with Crippen molar-refractivity contribution in [2.75, 3.05) is 13.2 Å². The zero-order chi connectivity index (χ0) is 16.9. The number of benzene rings is 1. The van der Waals surface area contributed by atoms with Crippen LogP contribution in [0.4, 0.5) is 0 Å². The number of hydrogen-bond donors (Lipinski definition) is 2. The highest BCUT2D eigenvalue weighted by molar-refractivity contribution is 5.92. The van der Waals surface area contributed by atoms with E-state index in [2.05, 4.69) is 12.4 Å². The Bertz CT molecular complexity index is 490. The van der Waals surface area contributed by atoms with Gasteiger partial charge in [-0.2, -0.15) is 0 Å². The van der Waals surface area contributed by atoms with Crippen LogP contribution in [0.1, 0.15) is 55.8 Å². The first-order chi connectivity index (χ1) is 11.1. The molecule has 128 valence electrons. The van der Waals surface area contributed by atoms with Gasteiger partial charge in [0.05, 0.1) is 6.61 Å². The average molecular weight is 323 g/mol. The minimum Gasteiger partial charge on any atom is -0.493 e. The molecule has 1 rings (SSSR count). The normalized spacial score (nSPS) is 10.3. The summed E-state index contributed by atoms with van der Waals surface area (Å²) in [5.41, 5.74) is 2.38. The van der Waals surface area contributed by atoms with Gasteiger partial charge < -0.3 is 14.7 Å². The van der Waals surface area contributed by atoms with E-state index in [1.54, 1.807) is 24.3 Å². The predicted molar refractivity (Wildman–Crippen MR) is 86.4 cm³/mol. The summed E-state index contributed by atoms with van der Waals surface area (Å²) >= 11 is 0. The topological polar surface area (TPSA) is 84.9 Å². The second-order valence-electron chi connectivity index (χ2n) is 5.22. The van der Waals surface area contributed by atoms with Crippen molar-refractivity contribution in [1.29, 1.82) is 0 Å². The van der Waals surface area contributed by atoms with Gasteiger partial charge in [-0.3, -0.25) is 4.79 Å². The van der Waals surface area contributed by atoms with E-state index >= 15 is 0 Å². The number of rotatable bonds is 12. The van der Waals surface area contributed by atoms with Gasteiger partial charge in [-0.05, 0) is 18.6 Å². The van der Waals surface area contributed by atoms with Crippen LogP contribution in [-0.4, -0.2) is 30.2 Å². The summed E-state index contributed by atoms with van der Waals surface area (Å²) in [6.07, 6.45) is 6.96. The summed E-state index contributed by atoms with van der Waals surface area (Å²) in [4.78, 5) is 27.0. The number of carbonyl (C=O) groups excluding carboxylic acids is 1. The average Bonchev–Trinajstić information content (AvgIpc) is 2.54. The molecule has 0 aromatic heterocycles. The van der Waals surface area contributed by atoms with Gasteiger partial charge >= 0.3 is 11.9 Å². The lowest BCUT2D eigenvalue weighted by atomic mass is 10.1. The fourth-order valence-electron chi connectivity index (χ4n) is 2.04. The van der Waals surface area contributed by atoms with E-state index in [0.717, 1.165) is 12.8 Å². The molecule has 0 aliphatic heterocycles. The Labute approximate surface area is 136 Å². The van der Waals surface area contributed by atoms with Crippen molar-refractivity contribution in [1.82, 2.24) is 5.48 Å². The molecule has 23 heavy (non-hydrogen) atoms. The minimum absolute atomic E-state index is 0.274. The van der Waals surface area contributed by atoms with Crippen molar-refractivity contribution in [2.45, 2.75) is 45.4 Å². The first-order valence-corrected chi connectivity index (χ1v) is 8.02. The molecule has 1 aromatic rings. The molecular weight excluding hydrogens is 298 g/mol. The molecule has 0 saturated carbocycles. The highest BCUT2D eigenvalue weighted by Gasteiger charge is 2.14. The van der Waals surface area contributed by atoms with E-state index in [1.165, 1.54) is 25.7 Å². The van der Waals surface area contributed by atoms with Crippen LogP contribution >= 0.6 is 0 Å².